The van der Waals surface area contributed by atoms with Crippen LogP contribution in [0.1, 0.15) is 0 Å². The highest BCUT2D eigenvalue weighted by atomic mass is 32.2. The number of carbonyl (C=O) groups excluding carboxylic acids is 1. The molecular formula is C4H4O4S2. The summed E-state index contributed by atoms with van der Waals surface area (Å²) in [5, 5.41) is 7.14. The Kier molecular flexibility index (Phi) is 2.10. The van der Waals surface area contributed by atoms with Gasteiger partial charge in [0.25, 0.3) is 0 Å². The van der Waals surface area contributed by atoms with Crippen molar-refractivity contribution in [3.63, 3.8) is 0 Å². The van der Waals surface area contributed by atoms with E-state index in [4.69, 9.17) is 5.11 Å². The SMILES string of the molecule is O=C(O)C1SC1C(=O)OS. The van der Waals surface area contributed by atoms with E-state index in [-0.39, 0.29) is 0 Å². The van der Waals surface area contributed by atoms with Crippen LogP contribution in [0.5, 0.6) is 0 Å². The summed E-state index contributed by atoms with van der Waals surface area (Å²) in [6.45, 7) is 0. The minimum absolute atomic E-state index is 0.546. The average molecular weight is 180 g/mol. The van der Waals surface area contributed by atoms with Gasteiger partial charge in [-0.2, -0.15) is 0 Å². The number of thioether (sulfide) groups is 1. The first-order chi connectivity index (χ1) is 4.66. The largest absolute Gasteiger partial charge is 0.480 e. The molecule has 6 heteroatoms. The number of carboxylic acids is 1. The zero-order valence-corrected chi connectivity index (χ0v) is 6.39. The van der Waals surface area contributed by atoms with Gasteiger partial charge in [0.15, 0.2) is 0 Å². The Labute approximate surface area is 66.5 Å². The third kappa shape index (κ3) is 1.38. The van der Waals surface area contributed by atoms with Crippen molar-refractivity contribution in [2.24, 2.45) is 0 Å². The van der Waals surface area contributed by atoms with E-state index in [0.717, 1.165) is 11.8 Å². The van der Waals surface area contributed by atoms with Crippen LogP contribution in [0.2, 0.25) is 0 Å². The zero-order valence-electron chi connectivity index (χ0n) is 4.68. The van der Waals surface area contributed by atoms with Crippen LogP contribution in [0.3, 0.4) is 0 Å². The van der Waals surface area contributed by atoms with Crippen molar-refractivity contribution in [3.05, 3.63) is 0 Å². The number of aliphatic carboxylic acids is 1. The molecule has 1 N–H and O–H groups in total. The van der Waals surface area contributed by atoms with Crippen LogP contribution in [0.15, 0.2) is 0 Å². The first kappa shape index (κ1) is 7.74. The van der Waals surface area contributed by atoms with Crippen molar-refractivity contribution in [2.45, 2.75) is 10.5 Å². The van der Waals surface area contributed by atoms with Gasteiger partial charge < -0.3 is 9.29 Å². The van der Waals surface area contributed by atoms with Gasteiger partial charge in [0.2, 0.25) is 0 Å². The fraction of sp³-hybridized carbons (Fsp3) is 0.500. The van der Waals surface area contributed by atoms with Crippen LogP contribution in [0.4, 0.5) is 0 Å². The lowest BCUT2D eigenvalue weighted by Crippen LogP contribution is -2.15. The van der Waals surface area contributed by atoms with Crippen LogP contribution in [0.25, 0.3) is 0 Å². The predicted octanol–water partition coefficient (Wildman–Crippen LogP) is -0.0570. The summed E-state index contributed by atoms with van der Waals surface area (Å²) in [5.41, 5.74) is 0. The summed E-state index contributed by atoms with van der Waals surface area (Å²) in [6, 6.07) is 0. The Morgan fingerprint density at radius 2 is 2.10 bits per heavy atom. The van der Waals surface area contributed by atoms with Gasteiger partial charge in [0.05, 0.1) is 0 Å². The summed E-state index contributed by atoms with van der Waals surface area (Å²) in [4.78, 5) is 20.6. The number of hydrogen-bond donors (Lipinski definition) is 2. The lowest BCUT2D eigenvalue weighted by molar-refractivity contribution is -0.139. The predicted molar refractivity (Wildman–Crippen MR) is 37.9 cm³/mol. The van der Waals surface area contributed by atoms with E-state index in [1.54, 1.807) is 0 Å². The van der Waals surface area contributed by atoms with Gasteiger partial charge in [-0.15, -0.1) is 11.8 Å². The van der Waals surface area contributed by atoms with E-state index in [2.05, 4.69) is 17.1 Å². The molecule has 0 amide bonds. The maximum absolute atomic E-state index is 10.5. The Morgan fingerprint density at radius 3 is 2.40 bits per heavy atom. The van der Waals surface area contributed by atoms with Gasteiger partial charge in [-0.1, -0.05) is 0 Å². The fourth-order valence-corrected chi connectivity index (χ4v) is 1.44. The quantitative estimate of drug-likeness (QED) is 0.354. The number of hydrogen-bond acceptors (Lipinski definition) is 5. The highest BCUT2D eigenvalue weighted by Gasteiger charge is 2.51. The number of thiol groups is 1. The number of carboxylic acid groups (broad SMARTS) is 1. The van der Waals surface area contributed by atoms with Crippen LogP contribution >= 0.6 is 24.7 Å². The molecule has 2 atom stereocenters. The lowest BCUT2D eigenvalue weighted by atomic mass is 10.3. The molecule has 0 aromatic heterocycles. The minimum atomic E-state index is -0.978. The molecule has 0 spiro atoms. The van der Waals surface area contributed by atoms with E-state index in [1.165, 1.54) is 0 Å². The summed E-state index contributed by atoms with van der Waals surface area (Å²) < 4.78 is 4.03. The van der Waals surface area contributed by atoms with E-state index in [0.29, 0.717) is 0 Å². The molecule has 1 fully saturated rings. The molecule has 0 bridgehead atoms. The molecule has 0 aliphatic carbocycles. The van der Waals surface area contributed by atoms with Crippen LogP contribution in [0, 0.1) is 0 Å². The molecule has 1 aliphatic rings. The highest BCUT2D eigenvalue weighted by Crippen LogP contribution is 2.42. The van der Waals surface area contributed by atoms with Crippen molar-refractivity contribution >= 4 is 36.6 Å². The first-order valence-electron chi connectivity index (χ1n) is 2.40. The van der Waals surface area contributed by atoms with Crippen molar-refractivity contribution in [1.29, 1.82) is 0 Å². The molecular weight excluding hydrogens is 176 g/mol. The van der Waals surface area contributed by atoms with E-state index >= 15 is 0 Å². The van der Waals surface area contributed by atoms with Crippen molar-refractivity contribution in [1.82, 2.24) is 0 Å². The second-order valence-electron chi connectivity index (χ2n) is 1.73. The topological polar surface area (TPSA) is 63.6 Å². The summed E-state index contributed by atoms with van der Waals surface area (Å²) in [5.74, 6) is -1.56. The van der Waals surface area contributed by atoms with Crippen LogP contribution in [-0.4, -0.2) is 27.5 Å². The summed E-state index contributed by atoms with van der Waals surface area (Å²) in [7, 11) is 0. The van der Waals surface area contributed by atoms with Gasteiger partial charge in [-0.25, -0.2) is 4.79 Å². The zero-order chi connectivity index (χ0) is 7.72. The van der Waals surface area contributed by atoms with Crippen molar-refractivity contribution in [2.75, 3.05) is 0 Å². The van der Waals surface area contributed by atoms with Gasteiger partial charge >= 0.3 is 11.9 Å². The molecule has 1 saturated heterocycles. The van der Waals surface area contributed by atoms with Gasteiger partial charge in [-0.3, -0.25) is 4.79 Å². The van der Waals surface area contributed by atoms with Gasteiger partial charge in [0, 0.05) is 12.9 Å². The fourth-order valence-electron chi connectivity index (χ4n) is 0.531. The molecule has 1 aliphatic heterocycles. The second-order valence-corrected chi connectivity index (χ2v) is 3.20. The van der Waals surface area contributed by atoms with Crippen molar-refractivity contribution < 1.29 is 18.9 Å². The highest BCUT2D eigenvalue weighted by molar-refractivity contribution is 8.09. The average Bonchev–Trinajstić information content (AvgIpc) is 2.64. The normalized spacial score (nSPS) is 29.3. The molecule has 10 heavy (non-hydrogen) atoms. The molecule has 1 rings (SSSR count). The Balaban J connectivity index is 2.38. The van der Waals surface area contributed by atoms with E-state index < -0.39 is 22.4 Å². The molecule has 0 aromatic rings. The van der Waals surface area contributed by atoms with Crippen LogP contribution < -0.4 is 0 Å². The third-order valence-electron chi connectivity index (χ3n) is 1.06. The van der Waals surface area contributed by atoms with Crippen molar-refractivity contribution in [3.8, 4) is 0 Å². The molecule has 0 aromatic carbocycles. The monoisotopic (exact) mass is 180 g/mol. The first-order valence-corrected chi connectivity index (χ1v) is 3.71. The van der Waals surface area contributed by atoms with E-state index in [9.17, 15) is 9.59 Å². The van der Waals surface area contributed by atoms with Gasteiger partial charge in [-0.05, 0) is 0 Å². The third-order valence-corrected chi connectivity index (χ3v) is 2.45. The molecule has 1 heterocycles. The standard InChI is InChI=1S/C4H4O4S2/c5-3(6)1-2(10-1)4(7)8-9/h1-2,9H,(H,5,6). The molecule has 0 radical (unpaired) electrons. The molecule has 0 saturated carbocycles. The summed E-state index contributed by atoms with van der Waals surface area (Å²) >= 11 is 4.30. The van der Waals surface area contributed by atoms with E-state index in [1.807, 2.05) is 0 Å². The lowest BCUT2D eigenvalue weighted by Gasteiger charge is -1.88. The second kappa shape index (κ2) is 2.71. The minimum Gasteiger partial charge on any atom is -0.480 e. The van der Waals surface area contributed by atoms with Gasteiger partial charge in [0.1, 0.15) is 10.5 Å². The summed E-state index contributed by atoms with van der Waals surface area (Å²) in [6.07, 6.45) is 0. The molecule has 56 valence electrons. The Hall–Kier alpha value is -0.360. The number of carbonyl (C=O) groups is 2. The Bertz CT molecular complexity index is 180. The number of rotatable bonds is 2. The maximum Gasteiger partial charge on any atom is 0.332 e. The Morgan fingerprint density at radius 1 is 1.50 bits per heavy atom. The van der Waals surface area contributed by atoms with Crippen LogP contribution in [-0.2, 0) is 13.8 Å². The maximum atomic E-state index is 10.5. The molecule has 2 unspecified atom stereocenters. The smallest absolute Gasteiger partial charge is 0.332 e. The molecule has 4 nitrogen and oxygen atoms in total.